The molecule has 1 aromatic carbocycles. The van der Waals surface area contributed by atoms with Gasteiger partial charge in [-0.25, -0.2) is 0 Å². The SMILES string of the molecule is COc1cccc(C(=O)C#N)c1. The topological polar surface area (TPSA) is 50.1 Å². The smallest absolute Gasteiger partial charge is 0.262 e. The van der Waals surface area contributed by atoms with Crippen LogP contribution in [0.5, 0.6) is 5.75 Å². The first kappa shape index (κ1) is 8.28. The zero-order valence-electron chi connectivity index (χ0n) is 6.57. The standard InChI is InChI=1S/C9H7NO2/c1-12-8-4-2-3-7(5-8)9(11)6-10/h2-5H,1H3. The molecule has 0 heterocycles. The Labute approximate surface area is 70.2 Å². The Morgan fingerprint density at radius 1 is 1.58 bits per heavy atom. The number of nitrogens with zero attached hydrogens (tertiary/aromatic N) is 1. The molecule has 0 fully saturated rings. The summed E-state index contributed by atoms with van der Waals surface area (Å²) in [6, 6.07) is 8.04. The lowest BCUT2D eigenvalue weighted by molar-refractivity contribution is 0.105. The first-order valence-corrected chi connectivity index (χ1v) is 3.36. The largest absolute Gasteiger partial charge is 0.497 e. The number of Topliss-reactive ketones (excluding diaryl/α,β-unsaturated/α-hetero) is 1. The summed E-state index contributed by atoms with van der Waals surface area (Å²) in [6.45, 7) is 0. The van der Waals surface area contributed by atoms with Gasteiger partial charge in [-0.1, -0.05) is 12.1 Å². The molecule has 12 heavy (non-hydrogen) atoms. The molecule has 3 nitrogen and oxygen atoms in total. The van der Waals surface area contributed by atoms with Gasteiger partial charge in [-0.2, -0.15) is 5.26 Å². The van der Waals surface area contributed by atoms with Gasteiger partial charge in [0.05, 0.1) is 7.11 Å². The summed E-state index contributed by atoms with van der Waals surface area (Å²) in [5.41, 5.74) is 0.358. The van der Waals surface area contributed by atoms with E-state index in [1.165, 1.54) is 19.2 Å². The second-order valence-electron chi connectivity index (χ2n) is 2.17. The highest BCUT2D eigenvalue weighted by atomic mass is 16.5. The van der Waals surface area contributed by atoms with E-state index in [2.05, 4.69) is 0 Å². The van der Waals surface area contributed by atoms with Crippen molar-refractivity contribution in [1.29, 1.82) is 5.26 Å². The molecule has 0 amide bonds. The van der Waals surface area contributed by atoms with Crippen molar-refractivity contribution in [3.63, 3.8) is 0 Å². The van der Waals surface area contributed by atoms with E-state index in [0.717, 1.165) is 0 Å². The summed E-state index contributed by atoms with van der Waals surface area (Å²) in [7, 11) is 1.51. The summed E-state index contributed by atoms with van der Waals surface area (Å²) in [6.07, 6.45) is 0. The van der Waals surface area contributed by atoms with E-state index in [4.69, 9.17) is 10.00 Å². The number of carbonyl (C=O) groups is 1. The van der Waals surface area contributed by atoms with Crippen molar-refractivity contribution in [2.45, 2.75) is 0 Å². The van der Waals surface area contributed by atoms with Gasteiger partial charge in [0, 0.05) is 5.56 Å². The highest BCUT2D eigenvalue weighted by Gasteiger charge is 2.03. The molecule has 3 heteroatoms. The van der Waals surface area contributed by atoms with Crippen LogP contribution in [-0.4, -0.2) is 12.9 Å². The molecule has 0 bridgehead atoms. The average Bonchev–Trinajstić information content (AvgIpc) is 2.17. The Balaban J connectivity index is 3.03. The average molecular weight is 161 g/mol. The van der Waals surface area contributed by atoms with E-state index in [9.17, 15) is 4.79 Å². The van der Waals surface area contributed by atoms with Crippen LogP contribution >= 0.6 is 0 Å². The van der Waals surface area contributed by atoms with Gasteiger partial charge >= 0.3 is 0 Å². The third-order valence-corrected chi connectivity index (χ3v) is 1.43. The lowest BCUT2D eigenvalue weighted by Crippen LogP contribution is -1.94. The minimum Gasteiger partial charge on any atom is -0.497 e. The van der Waals surface area contributed by atoms with E-state index in [1.54, 1.807) is 18.2 Å². The van der Waals surface area contributed by atoms with Crippen molar-refractivity contribution in [2.24, 2.45) is 0 Å². The number of carbonyl (C=O) groups excluding carboxylic acids is 1. The third kappa shape index (κ3) is 1.61. The molecule has 1 rings (SSSR count). The van der Waals surface area contributed by atoms with E-state index >= 15 is 0 Å². The molecule has 0 aliphatic rings. The van der Waals surface area contributed by atoms with Gasteiger partial charge in [-0.05, 0) is 12.1 Å². The Hall–Kier alpha value is -1.82. The van der Waals surface area contributed by atoms with Gasteiger partial charge in [0.25, 0.3) is 5.78 Å². The molecule has 0 aliphatic heterocycles. The molecule has 0 saturated carbocycles. The Morgan fingerprint density at radius 3 is 2.92 bits per heavy atom. The number of benzene rings is 1. The van der Waals surface area contributed by atoms with Crippen LogP contribution in [0.1, 0.15) is 10.4 Å². The molecule has 60 valence electrons. The van der Waals surface area contributed by atoms with Gasteiger partial charge in [-0.15, -0.1) is 0 Å². The second-order valence-corrected chi connectivity index (χ2v) is 2.17. The monoisotopic (exact) mass is 161 g/mol. The summed E-state index contributed by atoms with van der Waals surface area (Å²) >= 11 is 0. The predicted octanol–water partition coefficient (Wildman–Crippen LogP) is 1.40. The molecular weight excluding hydrogens is 154 g/mol. The predicted molar refractivity (Wildman–Crippen MR) is 42.9 cm³/mol. The maximum absolute atomic E-state index is 10.9. The zero-order chi connectivity index (χ0) is 8.97. The fourth-order valence-corrected chi connectivity index (χ4v) is 0.829. The Bertz CT molecular complexity index is 339. The highest BCUT2D eigenvalue weighted by molar-refractivity contribution is 6.07. The van der Waals surface area contributed by atoms with Crippen LogP contribution in [0.2, 0.25) is 0 Å². The number of nitriles is 1. The van der Waals surface area contributed by atoms with Crippen molar-refractivity contribution < 1.29 is 9.53 Å². The second kappa shape index (κ2) is 3.54. The lowest BCUT2D eigenvalue weighted by Gasteiger charge is -1.98. The number of hydrogen-bond acceptors (Lipinski definition) is 3. The van der Waals surface area contributed by atoms with Crippen LogP contribution in [0.25, 0.3) is 0 Å². The molecule has 1 aromatic rings. The Kier molecular flexibility index (Phi) is 2.44. The third-order valence-electron chi connectivity index (χ3n) is 1.43. The molecule has 0 aliphatic carbocycles. The minimum atomic E-state index is -0.547. The van der Waals surface area contributed by atoms with Gasteiger partial charge in [-0.3, -0.25) is 4.79 Å². The molecule has 0 unspecified atom stereocenters. The van der Waals surface area contributed by atoms with Crippen LogP contribution < -0.4 is 4.74 Å². The summed E-state index contributed by atoms with van der Waals surface area (Å²) in [4.78, 5) is 10.9. The van der Waals surface area contributed by atoms with Gasteiger partial charge in [0.2, 0.25) is 0 Å². The maximum atomic E-state index is 10.9. The van der Waals surface area contributed by atoms with Crippen LogP contribution in [-0.2, 0) is 0 Å². The Morgan fingerprint density at radius 2 is 2.33 bits per heavy atom. The van der Waals surface area contributed by atoms with Crippen molar-refractivity contribution in [2.75, 3.05) is 7.11 Å². The normalized spacial score (nSPS) is 8.67. The van der Waals surface area contributed by atoms with Crippen molar-refractivity contribution >= 4 is 5.78 Å². The van der Waals surface area contributed by atoms with Gasteiger partial charge < -0.3 is 4.74 Å². The number of methoxy groups -OCH3 is 1. The van der Waals surface area contributed by atoms with Crippen molar-refractivity contribution in [3.8, 4) is 11.8 Å². The van der Waals surface area contributed by atoms with Crippen LogP contribution in [0.3, 0.4) is 0 Å². The van der Waals surface area contributed by atoms with Gasteiger partial charge in [0.1, 0.15) is 11.8 Å². The van der Waals surface area contributed by atoms with Crippen LogP contribution in [0.4, 0.5) is 0 Å². The zero-order valence-corrected chi connectivity index (χ0v) is 6.57. The van der Waals surface area contributed by atoms with Crippen molar-refractivity contribution in [3.05, 3.63) is 29.8 Å². The summed E-state index contributed by atoms with van der Waals surface area (Å²) < 4.78 is 4.89. The minimum absolute atomic E-state index is 0.358. The summed E-state index contributed by atoms with van der Waals surface area (Å²) in [5, 5.41) is 8.31. The highest BCUT2D eigenvalue weighted by Crippen LogP contribution is 2.12. The first-order valence-electron chi connectivity index (χ1n) is 3.36. The quantitative estimate of drug-likeness (QED) is 0.486. The molecule has 0 radical (unpaired) electrons. The lowest BCUT2D eigenvalue weighted by atomic mass is 10.1. The number of ether oxygens (including phenoxy) is 1. The van der Waals surface area contributed by atoms with Gasteiger partial charge in [0.15, 0.2) is 0 Å². The molecule has 0 N–H and O–H groups in total. The number of ketones is 1. The maximum Gasteiger partial charge on any atom is 0.262 e. The molecule has 0 aromatic heterocycles. The molecular formula is C9H7NO2. The fourth-order valence-electron chi connectivity index (χ4n) is 0.829. The van der Waals surface area contributed by atoms with E-state index < -0.39 is 5.78 Å². The van der Waals surface area contributed by atoms with Crippen LogP contribution in [0, 0.1) is 11.3 Å². The first-order chi connectivity index (χ1) is 5.77. The molecule has 0 spiro atoms. The van der Waals surface area contributed by atoms with Crippen LogP contribution in [0.15, 0.2) is 24.3 Å². The van der Waals surface area contributed by atoms with E-state index in [0.29, 0.717) is 11.3 Å². The fraction of sp³-hybridized carbons (Fsp3) is 0.111. The van der Waals surface area contributed by atoms with Crippen molar-refractivity contribution in [1.82, 2.24) is 0 Å². The van der Waals surface area contributed by atoms with E-state index in [1.807, 2.05) is 0 Å². The molecule has 0 saturated heterocycles. The van der Waals surface area contributed by atoms with E-state index in [-0.39, 0.29) is 0 Å². The summed E-state index contributed by atoms with van der Waals surface area (Å²) in [5.74, 6) is 0.0324. The number of hydrogen-bond donors (Lipinski definition) is 0. The number of rotatable bonds is 2. The molecule has 0 atom stereocenters.